The van der Waals surface area contributed by atoms with Crippen molar-refractivity contribution in [3.05, 3.63) is 35.4 Å². The molecule has 1 nitrogen and oxygen atoms in total. The van der Waals surface area contributed by atoms with Crippen molar-refractivity contribution < 1.29 is 13.9 Å². The van der Waals surface area contributed by atoms with E-state index < -0.39 is 17.7 Å². The van der Waals surface area contributed by atoms with Crippen LogP contribution in [0.1, 0.15) is 38.4 Å². The zero-order chi connectivity index (χ0) is 11.4. The van der Waals surface area contributed by atoms with E-state index in [0.717, 1.165) is 12.5 Å². The minimum absolute atomic E-state index is 0.0512. The summed E-state index contributed by atoms with van der Waals surface area (Å²) in [4.78, 5) is 0. The average molecular weight is 214 g/mol. The second kappa shape index (κ2) is 5.21. The van der Waals surface area contributed by atoms with E-state index >= 15 is 0 Å². The minimum atomic E-state index is -0.937. The molecule has 0 fully saturated rings. The highest BCUT2D eigenvalue weighted by Gasteiger charge is 2.17. The molecule has 0 amide bonds. The van der Waals surface area contributed by atoms with Crippen LogP contribution in [0.5, 0.6) is 0 Å². The van der Waals surface area contributed by atoms with Crippen molar-refractivity contribution in [1.82, 2.24) is 0 Å². The van der Waals surface area contributed by atoms with Crippen LogP contribution < -0.4 is 0 Å². The Hall–Kier alpha value is -0.960. The molecule has 0 bridgehead atoms. The van der Waals surface area contributed by atoms with Gasteiger partial charge >= 0.3 is 0 Å². The first-order valence-corrected chi connectivity index (χ1v) is 5.18. The first kappa shape index (κ1) is 12.1. The standard InChI is InChI=1S/C12H16F2O/c1-3-8(2)7-11(15)9-5-4-6-10(13)12(9)14/h4-6,8,11,15H,3,7H2,1-2H3. The lowest BCUT2D eigenvalue weighted by atomic mass is 9.96. The van der Waals surface area contributed by atoms with Gasteiger partial charge in [0.05, 0.1) is 6.10 Å². The van der Waals surface area contributed by atoms with Gasteiger partial charge in [-0.2, -0.15) is 0 Å². The quantitative estimate of drug-likeness (QED) is 0.814. The van der Waals surface area contributed by atoms with Gasteiger partial charge in [-0.05, 0) is 18.4 Å². The number of aliphatic hydroxyl groups excluding tert-OH is 1. The molecule has 0 aromatic heterocycles. The molecule has 0 radical (unpaired) electrons. The zero-order valence-corrected chi connectivity index (χ0v) is 9.00. The van der Waals surface area contributed by atoms with E-state index in [2.05, 4.69) is 0 Å². The smallest absolute Gasteiger partial charge is 0.164 e. The number of rotatable bonds is 4. The van der Waals surface area contributed by atoms with Gasteiger partial charge in [0.15, 0.2) is 11.6 Å². The van der Waals surface area contributed by atoms with E-state index in [-0.39, 0.29) is 5.56 Å². The maximum atomic E-state index is 13.3. The Morgan fingerprint density at radius 3 is 2.60 bits per heavy atom. The molecule has 0 aliphatic rings. The molecule has 0 aliphatic carbocycles. The van der Waals surface area contributed by atoms with Gasteiger partial charge in [0, 0.05) is 5.56 Å². The molecule has 15 heavy (non-hydrogen) atoms. The number of hydrogen-bond donors (Lipinski definition) is 1. The molecule has 2 atom stereocenters. The molecule has 1 rings (SSSR count). The lowest BCUT2D eigenvalue weighted by molar-refractivity contribution is 0.141. The van der Waals surface area contributed by atoms with Crippen molar-refractivity contribution in [2.24, 2.45) is 5.92 Å². The highest BCUT2D eigenvalue weighted by molar-refractivity contribution is 5.21. The van der Waals surface area contributed by atoms with E-state index in [0.29, 0.717) is 12.3 Å². The van der Waals surface area contributed by atoms with E-state index in [9.17, 15) is 13.9 Å². The van der Waals surface area contributed by atoms with Gasteiger partial charge < -0.3 is 5.11 Å². The summed E-state index contributed by atoms with van der Waals surface area (Å²) in [5.74, 6) is -1.55. The van der Waals surface area contributed by atoms with Gasteiger partial charge in [0.25, 0.3) is 0 Å². The topological polar surface area (TPSA) is 20.2 Å². The van der Waals surface area contributed by atoms with Crippen LogP contribution in [0.25, 0.3) is 0 Å². The maximum absolute atomic E-state index is 13.3. The van der Waals surface area contributed by atoms with Crippen LogP contribution >= 0.6 is 0 Å². The SMILES string of the molecule is CCC(C)CC(O)c1cccc(F)c1F. The van der Waals surface area contributed by atoms with Crippen molar-refractivity contribution in [3.8, 4) is 0 Å². The molecule has 2 unspecified atom stereocenters. The molecule has 1 N–H and O–H groups in total. The van der Waals surface area contributed by atoms with Crippen molar-refractivity contribution in [3.63, 3.8) is 0 Å². The normalized spacial score (nSPS) is 15.0. The zero-order valence-electron chi connectivity index (χ0n) is 9.00. The van der Waals surface area contributed by atoms with Crippen LogP contribution in [0.4, 0.5) is 8.78 Å². The average Bonchev–Trinajstić information content (AvgIpc) is 2.21. The molecular formula is C12H16F2O. The second-order valence-corrected chi connectivity index (χ2v) is 3.91. The molecular weight excluding hydrogens is 198 g/mol. The fraction of sp³-hybridized carbons (Fsp3) is 0.500. The van der Waals surface area contributed by atoms with Crippen LogP contribution in [-0.2, 0) is 0 Å². The Balaban J connectivity index is 2.82. The third-order valence-electron chi connectivity index (χ3n) is 2.66. The second-order valence-electron chi connectivity index (χ2n) is 3.91. The van der Waals surface area contributed by atoms with Crippen LogP contribution in [0, 0.1) is 17.6 Å². The number of benzene rings is 1. The van der Waals surface area contributed by atoms with Gasteiger partial charge in [0.2, 0.25) is 0 Å². The first-order valence-electron chi connectivity index (χ1n) is 5.18. The Bertz CT molecular complexity index is 325. The van der Waals surface area contributed by atoms with Gasteiger partial charge in [-0.3, -0.25) is 0 Å². The van der Waals surface area contributed by atoms with Crippen LogP contribution in [-0.4, -0.2) is 5.11 Å². The Morgan fingerprint density at radius 1 is 1.33 bits per heavy atom. The largest absolute Gasteiger partial charge is 0.388 e. The van der Waals surface area contributed by atoms with E-state index in [4.69, 9.17) is 0 Å². The molecule has 3 heteroatoms. The third kappa shape index (κ3) is 2.99. The third-order valence-corrected chi connectivity index (χ3v) is 2.66. The van der Waals surface area contributed by atoms with Crippen molar-refractivity contribution >= 4 is 0 Å². The summed E-state index contributed by atoms with van der Waals surface area (Å²) in [6.45, 7) is 3.97. The molecule has 0 spiro atoms. The number of halogens is 2. The summed E-state index contributed by atoms with van der Waals surface area (Å²) in [6, 6.07) is 3.88. The van der Waals surface area contributed by atoms with Crippen molar-refractivity contribution in [2.45, 2.75) is 32.8 Å². The Labute approximate surface area is 88.7 Å². The van der Waals surface area contributed by atoms with Crippen LogP contribution in [0.2, 0.25) is 0 Å². The maximum Gasteiger partial charge on any atom is 0.164 e. The van der Waals surface area contributed by atoms with E-state index in [1.807, 2.05) is 13.8 Å². The number of hydrogen-bond acceptors (Lipinski definition) is 1. The van der Waals surface area contributed by atoms with Crippen molar-refractivity contribution in [2.75, 3.05) is 0 Å². The van der Waals surface area contributed by atoms with Gasteiger partial charge in [-0.25, -0.2) is 8.78 Å². The number of aliphatic hydroxyl groups is 1. The summed E-state index contributed by atoms with van der Waals surface area (Å²) in [5, 5.41) is 9.72. The predicted octanol–water partition coefficient (Wildman–Crippen LogP) is 3.43. The molecule has 84 valence electrons. The van der Waals surface area contributed by atoms with Crippen molar-refractivity contribution in [1.29, 1.82) is 0 Å². The predicted molar refractivity (Wildman–Crippen MR) is 55.4 cm³/mol. The Kier molecular flexibility index (Phi) is 4.21. The van der Waals surface area contributed by atoms with E-state index in [1.165, 1.54) is 12.1 Å². The van der Waals surface area contributed by atoms with Gasteiger partial charge in [0.1, 0.15) is 0 Å². The van der Waals surface area contributed by atoms with Gasteiger partial charge in [-0.15, -0.1) is 0 Å². The van der Waals surface area contributed by atoms with Gasteiger partial charge in [-0.1, -0.05) is 32.4 Å². The fourth-order valence-electron chi connectivity index (χ4n) is 1.45. The van der Waals surface area contributed by atoms with E-state index in [1.54, 1.807) is 0 Å². The molecule has 1 aromatic rings. The summed E-state index contributed by atoms with van der Waals surface area (Å²) < 4.78 is 26.1. The Morgan fingerprint density at radius 2 is 2.00 bits per heavy atom. The fourth-order valence-corrected chi connectivity index (χ4v) is 1.45. The van der Waals surface area contributed by atoms with Crippen LogP contribution in [0.3, 0.4) is 0 Å². The molecule has 0 saturated heterocycles. The summed E-state index contributed by atoms with van der Waals surface area (Å²) in [5.41, 5.74) is 0.0512. The summed E-state index contributed by atoms with van der Waals surface area (Å²) in [7, 11) is 0. The first-order chi connectivity index (χ1) is 7.06. The highest BCUT2D eigenvalue weighted by atomic mass is 19.2. The molecule has 0 saturated carbocycles. The molecule has 0 heterocycles. The molecule has 1 aromatic carbocycles. The molecule has 0 aliphatic heterocycles. The lowest BCUT2D eigenvalue weighted by Gasteiger charge is -2.15. The summed E-state index contributed by atoms with van der Waals surface area (Å²) in [6.07, 6.45) is 0.445. The van der Waals surface area contributed by atoms with Crippen LogP contribution in [0.15, 0.2) is 18.2 Å². The minimum Gasteiger partial charge on any atom is -0.388 e. The lowest BCUT2D eigenvalue weighted by Crippen LogP contribution is -2.06. The highest BCUT2D eigenvalue weighted by Crippen LogP contribution is 2.25. The summed E-state index contributed by atoms with van der Waals surface area (Å²) >= 11 is 0. The monoisotopic (exact) mass is 214 g/mol.